The number of aromatic nitrogens is 2. The molecule has 0 radical (unpaired) electrons. The van der Waals surface area contributed by atoms with Crippen LogP contribution in [0, 0.1) is 5.82 Å². The molecule has 184 valence electrons. The van der Waals surface area contributed by atoms with Gasteiger partial charge in [-0.25, -0.2) is 0 Å². The molecule has 1 amide bonds. The van der Waals surface area contributed by atoms with Crippen LogP contribution in [-0.2, 0) is 6.54 Å². The van der Waals surface area contributed by atoms with Gasteiger partial charge >= 0.3 is 218 Å². The van der Waals surface area contributed by atoms with Crippen LogP contribution in [0.2, 0.25) is 0 Å². The molecule has 2 aromatic carbocycles. The topological polar surface area (TPSA) is 100 Å². The Morgan fingerprint density at radius 1 is 1.19 bits per heavy atom. The van der Waals surface area contributed by atoms with Crippen LogP contribution in [-0.4, -0.2) is 29.5 Å². The van der Waals surface area contributed by atoms with E-state index in [-0.39, 0.29) is 15.6 Å². The molecule has 2 aliphatic rings. The van der Waals surface area contributed by atoms with Crippen molar-refractivity contribution in [3.8, 4) is 22.8 Å². The fourth-order valence-electron chi connectivity index (χ4n) is 4.47. The minimum atomic E-state index is -0.821. The molecule has 10 heteroatoms. The molecule has 4 heterocycles. The number of amides is 1. The van der Waals surface area contributed by atoms with E-state index in [9.17, 15) is 9.18 Å². The first-order valence-electron chi connectivity index (χ1n) is 11.3. The van der Waals surface area contributed by atoms with Gasteiger partial charge in [0.2, 0.25) is 0 Å². The van der Waals surface area contributed by atoms with Gasteiger partial charge in [-0.15, -0.1) is 0 Å². The standard InChI is InChI=1S/C26H22FIN5O3/c1-35-25-17(27)6-3-7-19(25)32-24-21-23-18(12-31-26(21)34)28-36-15-5-2-4-14(10-15)11-30-20-13-29-9-8-16(20)22(24)33-23/h2-10,13,18,30,32-33H,11-12H2,1H3,(H,31,34)/q-1/t18-/m0/s1. The van der Waals surface area contributed by atoms with Gasteiger partial charge in [-0.1, -0.05) is 0 Å². The number of halogens is 2. The molecule has 4 bridgehead atoms. The van der Waals surface area contributed by atoms with Gasteiger partial charge in [-0.05, 0) is 0 Å². The summed E-state index contributed by atoms with van der Waals surface area (Å²) in [6.45, 7) is 1.04. The number of benzene rings is 2. The van der Waals surface area contributed by atoms with Crippen LogP contribution in [0.1, 0.15) is 25.5 Å². The van der Waals surface area contributed by atoms with Crippen LogP contribution in [0.5, 0.6) is 11.5 Å². The Morgan fingerprint density at radius 2 is 2.08 bits per heavy atom. The normalized spacial score (nSPS) is 16.4. The second kappa shape index (κ2) is 9.34. The van der Waals surface area contributed by atoms with Crippen molar-refractivity contribution >= 4 is 23.0 Å². The number of aromatic amines is 1. The number of pyridine rings is 1. The van der Waals surface area contributed by atoms with Crippen molar-refractivity contribution in [1.29, 1.82) is 0 Å². The molecule has 8 nitrogen and oxygen atoms in total. The van der Waals surface area contributed by atoms with Gasteiger partial charge in [0.05, 0.1) is 0 Å². The van der Waals surface area contributed by atoms with Gasteiger partial charge in [0.1, 0.15) is 0 Å². The Hall–Kier alpha value is -3.80. The quantitative estimate of drug-likeness (QED) is 0.212. The van der Waals surface area contributed by atoms with Gasteiger partial charge in [0, 0.05) is 0 Å². The van der Waals surface area contributed by atoms with Crippen molar-refractivity contribution in [2.75, 3.05) is 24.3 Å². The molecule has 2 aliphatic heterocycles. The molecule has 0 saturated carbocycles. The molecule has 0 fully saturated rings. The van der Waals surface area contributed by atoms with Crippen LogP contribution in [0.3, 0.4) is 0 Å². The number of anilines is 3. The Kier molecular flexibility index (Phi) is 5.88. The van der Waals surface area contributed by atoms with E-state index in [2.05, 4.69) is 25.9 Å². The van der Waals surface area contributed by atoms with Crippen molar-refractivity contribution in [3.63, 3.8) is 0 Å². The zero-order valence-electron chi connectivity index (χ0n) is 19.2. The third kappa shape index (κ3) is 4.00. The molecule has 2 aromatic heterocycles. The van der Waals surface area contributed by atoms with E-state index in [1.807, 2.05) is 30.3 Å². The predicted molar refractivity (Wildman–Crippen MR) is 130 cm³/mol. The van der Waals surface area contributed by atoms with E-state index in [0.717, 1.165) is 28.3 Å². The van der Waals surface area contributed by atoms with Gasteiger partial charge < -0.3 is 0 Å². The van der Waals surface area contributed by atoms with Gasteiger partial charge in [-0.3, -0.25) is 0 Å². The summed E-state index contributed by atoms with van der Waals surface area (Å²) < 4.78 is 26.1. The average Bonchev–Trinajstić information content (AvgIpc) is 3.27. The molecule has 0 saturated heterocycles. The molecule has 0 aliphatic carbocycles. The van der Waals surface area contributed by atoms with Crippen molar-refractivity contribution in [3.05, 3.63) is 83.6 Å². The zero-order valence-corrected chi connectivity index (χ0v) is 21.4. The third-order valence-corrected chi connectivity index (χ3v) is 8.59. The van der Waals surface area contributed by atoms with Crippen LogP contribution in [0.25, 0.3) is 11.3 Å². The number of nitrogens with zero attached hydrogens (tertiary/aromatic N) is 1. The van der Waals surface area contributed by atoms with Crippen molar-refractivity contribution in [1.82, 2.24) is 15.3 Å². The van der Waals surface area contributed by atoms with Crippen molar-refractivity contribution < 1.29 is 38.6 Å². The fourth-order valence-corrected chi connectivity index (χ4v) is 6.47. The van der Waals surface area contributed by atoms with E-state index in [0.29, 0.717) is 35.7 Å². The number of nitrogens with one attached hydrogen (secondary N) is 4. The number of hydrogen-bond acceptors (Lipinski definition) is 6. The van der Waals surface area contributed by atoms with E-state index < -0.39 is 27.4 Å². The number of rotatable bonds is 3. The first kappa shape index (κ1) is 22.7. The molecule has 6 rings (SSSR count). The van der Waals surface area contributed by atoms with E-state index in [1.54, 1.807) is 24.5 Å². The first-order valence-corrected chi connectivity index (χ1v) is 13.5. The van der Waals surface area contributed by atoms with Gasteiger partial charge in [0.25, 0.3) is 0 Å². The summed E-state index contributed by atoms with van der Waals surface area (Å²) in [7, 11) is 1.42. The van der Waals surface area contributed by atoms with Gasteiger partial charge in [0.15, 0.2) is 0 Å². The van der Waals surface area contributed by atoms with Crippen LogP contribution in [0.4, 0.5) is 21.5 Å². The molecule has 0 spiro atoms. The number of para-hydroxylation sites is 1. The first-order chi connectivity index (χ1) is 17.6. The van der Waals surface area contributed by atoms with Gasteiger partial charge in [-0.2, -0.15) is 0 Å². The number of fused-ring (bicyclic) bond motifs is 5. The monoisotopic (exact) mass is 598 g/mol. The Labute approximate surface area is 217 Å². The van der Waals surface area contributed by atoms with Crippen molar-refractivity contribution in [2.45, 2.75) is 10.5 Å². The van der Waals surface area contributed by atoms with E-state index in [1.165, 1.54) is 13.2 Å². The summed E-state index contributed by atoms with van der Waals surface area (Å²) in [6.07, 6.45) is 3.46. The summed E-state index contributed by atoms with van der Waals surface area (Å²) in [5, 5.41) is 9.78. The second-order valence-corrected chi connectivity index (χ2v) is 10.8. The fraction of sp³-hybridized carbons (Fsp3) is 0.154. The number of H-pyrrole nitrogens is 1. The Bertz CT molecular complexity index is 1470. The minimum absolute atomic E-state index is 0.0112. The Balaban J connectivity index is 1.56. The van der Waals surface area contributed by atoms with E-state index in [4.69, 9.17) is 7.80 Å². The summed E-state index contributed by atoms with van der Waals surface area (Å²) in [5.74, 6) is 0.177. The maximum atomic E-state index is 14.5. The Morgan fingerprint density at radius 3 is 2.97 bits per heavy atom. The zero-order chi connectivity index (χ0) is 24.6. The molecule has 0 unspecified atom stereocenters. The number of hydrogen-bond donors (Lipinski definition) is 4. The van der Waals surface area contributed by atoms with Crippen LogP contribution >= 0.6 is 0 Å². The van der Waals surface area contributed by atoms with Crippen LogP contribution < -0.4 is 45.4 Å². The summed E-state index contributed by atoms with van der Waals surface area (Å²) in [6, 6.07) is 14.5. The van der Waals surface area contributed by atoms with Crippen LogP contribution in [0.15, 0.2) is 60.9 Å². The second-order valence-electron chi connectivity index (χ2n) is 8.38. The molecule has 36 heavy (non-hydrogen) atoms. The molecular formula is C26H22FIN5O3-. The summed E-state index contributed by atoms with van der Waals surface area (Å²) in [4.78, 5) is 21.1. The third-order valence-electron chi connectivity index (χ3n) is 6.15. The number of methoxy groups -OCH3 is 1. The number of alkyl halides is 1. The maximum absolute atomic E-state index is 14.5. The average molecular weight is 598 g/mol. The molecular weight excluding hydrogens is 576 g/mol. The number of carbonyl (C=O) groups is 1. The SMILES string of the molecule is COc1c(F)cccc1Nc1c2[nH]c3c1C(=O)NC[C@@H]3[I-]Oc1cccc(c1)CNc1cnccc1-2. The molecule has 4 N–H and O–H groups in total. The molecule has 1 atom stereocenters. The predicted octanol–water partition coefficient (Wildman–Crippen LogP) is 1.76. The number of ether oxygens (including phenoxy) is 1. The summed E-state index contributed by atoms with van der Waals surface area (Å²) in [5.41, 5.74) is 5.67. The van der Waals surface area contributed by atoms with E-state index >= 15 is 0 Å². The summed E-state index contributed by atoms with van der Waals surface area (Å²) >= 11 is -0.821. The van der Waals surface area contributed by atoms with Crippen molar-refractivity contribution in [2.24, 2.45) is 0 Å². The number of carbonyl (C=O) groups excluding carboxylic acids is 1. The molecule has 4 aromatic rings.